The Labute approximate surface area is 108 Å². The van der Waals surface area contributed by atoms with E-state index < -0.39 is 0 Å². The Morgan fingerprint density at radius 1 is 1.44 bits per heavy atom. The molecule has 0 radical (unpaired) electrons. The van der Waals surface area contributed by atoms with Crippen LogP contribution < -0.4 is 10.2 Å². The summed E-state index contributed by atoms with van der Waals surface area (Å²) < 4.78 is 4.83. The molecule has 0 amide bonds. The second-order valence-corrected chi connectivity index (χ2v) is 5.57. The van der Waals surface area contributed by atoms with Crippen LogP contribution in [0.1, 0.15) is 24.2 Å². The number of carbonyl (C=O) groups is 1. The summed E-state index contributed by atoms with van der Waals surface area (Å²) in [5.41, 5.74) is 2.67. The Morgan fingerprint density at radius 3 is 2.83 bits per heavy atom. The smallest absolute Gasteiger partial charge is 0.340 e. The average Bonchev–Trinajstić information content (AvgIpc) is 2.45. The molecule has 1 heterocycles. The Balaban J connectivity index is 2.48. The van der Waals surface area contributed by atoms with Gasteiger partial charge >= 0.3 is 5.97 Å². The molecule has 0 saturated heterocycles. The monoisotopic (exact) mass is 248 g/mol. The lowest BCUT2D eigenvalue weighted by Crippen LogP contribution is -2.33. The quantitative estimate of drug-likeness (QED) is 0.775. The predicted molar refractivity (Wildman–Crippen MR) is 73.3 cm³/mol. The maximum absolute atomic E-state index is 11.8. The van der Waals surface area contributed by atoms with E-state index in [2.05, 4.69) is 31.1 Å². The van der Waals surface area contributed by atoms with Crippen LogP contribution in [0.4, 0.5) is 11.4 Å². The van der Waals surface area contributed by atoms with Crippen LogP contribution in [0.2, 0.25) is 0 Å². The van der Waals surface area contributed by atoms with Crippen molar-refractivity contribution in [3.8, 4) is 0 Å². The first-order chi connectivity index (χ1) is 8.44. The van der Waals surface area contributed by atoms with Gasteiger partial charge in [-0.25, -0.2) is 4.79 Å². The van der Waals surface area contributed by atoms with Crippen molar-refractivity contribution >= 4 is 17.3 Å². The number of esters is 1. The number of hydrogen-bond donors (Lipinski definition) is 1. The zero-order chi connectivity index (χ0) is 13.3. The van der Waals surface area contributed by atoms with Crippen LogP contribution >= 0.6 is 0 Å². The summed E-state index contributed by atoms with van der Waals surface area (Å²) in [6.07, 6.45) is 0. The van der Waals surface area contributed by atoms with Gasteiger partial charge in [0, 0.05) is 20.1 Å². The fourth-order valence-corrected chi connectivity index (χ4v) is 2.43. The number of ether oxygens (including phenoxy) is 1. The van der Waals surface area contributed by atoms with Gasteiger partial charge in [0.15, 0.2) is 0 Å². The Bertz CT molecular complexity index is 469. The van der Waals surface area contributed by atoms with Crippen molar-refractivity contribution < 1.29 is 9.53 Å². The number of fused-ring (bicyclic) bond motifs is 1. The van der Waals surface area contributed by atoms with Crippen molar-refractivity contribution in [2.75, 3.05) is 37.5 Å². The van der Waals surface area contributed by atoms with Crippen LogP contribution in [0.15, 0.2) is 18.2 Å². The maximum atomic E-state index is 11.8. The minimum atomic E-state index is -0.299. The Kier molecular flexibility index (Phi) is 3.20. The summed E-state index contributed by atoms with van der Waals surface area (Å²) in [4.78, 5) is 14.0. The number of anilines is 2. The first kappa shape index (κ1) is 12.7. The third-order valence-electron chi connectivity index (χ3n) is 3.27. The lowest BCUT2D eigenvalue weighted by atomic mass is 9.93. The molecule has 4 heteroatoms. The molecule has 0 aromatic heterocycles. The highest BCUT2D eigenvalue weighted by Gasteiger charge is 2.27. The summed E-state index contributed by atoms with van der Waals surface area (Å²) in [7, 11) is 3.46. The van der Waals surface area contributed by atoms with Gasteiger partial charge in [0.05, 0.1) is 24.0 Å². The van der Waals surface area contributed by atoms with Gasteiger partial charge in [-0.3, -0.25) is 0 Å². The van der Waals surface area contributed by atoms with Crippen molar-refractivity contribution in [2.24, 2.45) is 5.41 Å². The topological polar surface area (TPSA) is 41.6 Å². The van der Waals surface area contributed by atoms with Crippen molar-refractivity contribution in [1.82, 2.24) is 0 Å². The van der Waals surface area contributed by atoms with Crippen molar-refractivity contribution in [1.29, 1.82) is 0 Å². The minimum Gasteiger partial charge on any atom is -0.465 e. The Hall–Kier alpha value is -1.71. The van der Waals surface area contributed by atoms with Crippen molar-refractivity contribution in [2.45, 2.75) is 13.8 Å². The summed E-state index contributed by atoms with van der Waals surface area (Å²) in [6.45, 7) is 6.19. The van der Waals surface area contributed by atoms with Crippen LogP contribution in [0, 0.1) is 5.41 Å². The number of para-hydroxylation sites is 1. The van der Waals surface area contributed by atoms with E-state index in [1.54, 1.807) is 6.07 Å². The Morgan fingerprint density at radius 2 is 2.17 bits per heavy atom. The standard InChI is InChI=1S/C14H20N2O2/c1-14(2)8-15-12-10(13(17)18-4)6-5-7-11(12)16(3)9-14/h5-7,15H,8-9H2,1-4H3. The molecule has 0 spiro atoms. The minimum absolute atomic E-state index is 0.154. The lowest BCUT2D eigenvalue weighted by molar-refractivity contribution is 0.0602. The van der Waals surface area contributed by atoms with Crippen molar-refractivity contribution in [3.05, 3.63) is 23.8 Å². The van der Waals surface area contributed by atoms with Gasteiger partial charge in [-0.05, 0) is 17.5 Å². The van der Waals surface area contributed by atoms with Gasteiger partial charge in [-0.2, -0.15) is 0 Å². The summed E-state index contributed by atoms with van der Waals surface area (Å²) >= 11 is 0. The fraction of sp³-hybridized carbons (Fsp3) is 0.500. The van der Waals surface area contributed by atoms with E-state index in [9.17, 15) is 4.79 Å². The average molecular weight is 248 g/mol. The zero-order valence-electron chi connectivity index (χ0n) is 11.4. The lowest BCUT2D eigenvalue weighted by Gasteiger charge is -2.27. The highest BCUT2D eigenvalue weighted by Crippen LogP contribution is 2.35. The van der Waals surface area contributed by atoms with Gasteiger partial charge in [-0.1, -0.05) is 19.9 Å². The highest BCUT2D eigenvalue weighted by molar-refractivity contribution is 5.99. The van der Waals surface area contributed by atoms with Crippen LogP contribution in [0.5, 0.6) is 0 Å². The fourth-order valence-electron chi connectivity index (χ4n) is 2.43. The third kappa shape index (κ3) is 2.28. The maximum Gasteiger partial charge on any atom is 0.340 e. The molecule has 0 unspecified atom stereocenters. The molecule has 1 aliphatic heterocycles. The number of benzene rings is 1. The number of rotatable bonds is 1. The van der Waals surface area contributed by atoms with Gasteiger partial charge in [0.2, 0.25) is 0 Å². The number of carbonyl (C=O) groups excluding carboxylic acids is 1. The van der Waals surface area contributed by atoms with E-state index in [1.807, 2.05) is 12.1 Å². The van der Waals surface area contributed by atoms with E-state index in [0.717, 1.165) is 24.5 Å². The summed E-state index contributed by atoms with van der Waals surface area (Å²) in [5, 5.41) is 3.39. The van der Waals surface area contributed by atoms with Gasteiger partial charge in [0.25, 0.3) is 0 Å². The first-order valence-electron chi connectivity index (χ1n) is 6.11. The number of nitrogens with zero attached hydrogens (tertiary/aromatic N) is 1. The molecule has 1 aromatic rings. The molecule has 98 valence electrons. The summed E-state index contributed by atoms with van der Waals surface area (Å²) in [6, 6.07) is 5.71. The predicted octanol–water partition coefficient (Wildman–Crippen LogP) is 2.36. The molecule has 18 heavy (non-hydrogen) atoms. The molecule has 4 nitrogen and oxygen atoms in total. The van der Waals surface area contributed by atoms with Crippen LogP contribution in [-0.4, -0.2) is 33.2 Å². The molecular formula is C14H20N2O2. The second-order valence-electron chi connectivity index (χ2n) is 5.57. The molecule has 1 N–H and O–H groups in total. The number of nitrogens with one attached hydrogen (secondary N) is 1. The van der Waals surface area contributed by atoms with E-state index >= 15 is 0 Å². The third-order valence-corrected chi connectivity index (χ3v) is 3.27. The summed E-state index contributed by atoms with van der Waals surface area (Å²) in [5.74, 6) is -0.299. The largest absolute Gasteiger partial charge is 0.465 e. The SMILES string of the molecule is COC(=O)c1cccc2c1NCC(C)(C)CN2C. The molecule has 0 fully saturated rings. The molecule has 0 aliphatic carbocycles. The second kappa shape index (κ2) is 4.52. The molecule has 0 saturated carbocycles. The van der Waals surface area contributed by atoms with Gasteiger partial charge in [-0.15, -0.1) is 0 Å². The van der Waals surface area contributed by atoms with E-state index in [-0.39, 0.29) is 11.4 Å². The molecule has 0 bridgehead atoms. The highest BCUT2D eigenvalue weighted by atomic mass is 16.5. The number of hydrogen-bond acceptors (Lipinski definition) is 4. The molecule has 1 aromatic carbocycles. The first-order valence-corrected chi connectivity index (χ1v) is 6.11. The molecule has 2 rings (SSSR count). The van der Waals surface area contributed by atoms with Crippen LogP contribution in [-0.2, 0) is 4.74 Å². The molecular weight excluding hydrogens is 228 g/mol. The van der Waals surface area contributed by atoms with Gasteiger partial charge < -0.3 is 15.0 Å². The van der Waals surface area contributed by atoms with Crippen LogP contribution in [0.25, 0.3) is 0 Å². The number of methoxy groups -OCH3 is 1. The normalized spacial score (nSPS) is 17.4. The van der Waals surface area contributed by atoms with E-state index in [1.165, 1.54) is 7.11 Å². The van der Waals surface area contributed by atoms with Crippen molar-refractivity contribution in [3.63, 3.8) is 0 Å². The molecule has 1 aliphatic rings. The van der Waals surface area contributed by atoms with Crippen LogP contribution in [0.3, 0.4) is 0 Å². The van der Waals surface area contributed by atoms with E-state index in [4.69, 9.17) is 4.74 Å². The zero-order valence-corrected chi connectivity index (χ0v) is 11.4. The molecule has 0 atom stereocenters. The van der Waals surface area contributed by atoms with E-state index in [0.29, 0.717) is 5.56 Å². The van der Waals surface area contributed by atoms with Gasteiger partial charge in [0.1, 0.15) is 0 Å².